The average Bonchev–Trinajstić information content (AvgIpc) is 3.14. The van der Waals surface area contributed by atoms with E-state index in [9.17, 15) is 14.0 Å². The molecule has 3 rings (SSSR count). The SMILES string of the molecule is Cc1noc(C)c1COc1ccccc1C(=O)OCC(=O)N(CCC#N)c1ccc(F)cc1. The van der Waals surface area contributed by atoms with Gasteiger partial charge in [-0.15, -0.1) is 0 Å². The van der Waals surface area contributed by atoms with Crippen LogP contribution in [0.2, 0.25) is 0 Å². The van der Waals surface area contributed by atoms with Crippen LogP contribution in [-0.4, -0.2) is 30.2 Å². The minimum atomic E-state index is -0.739. The molecule has 3 aromatic rings. The van der Waals surface area contributed by atoms with E-state index in [0.717, 1.165) is 5.56 Å². The van der Waals surface area contributed by atoms with Crippen LogP contribution >= 0.6 is 0 Å². The highest BCUT2D eigenvalue weighted by Gasteiger charge is 2.20. The molecule has 0 aliphatic heterocycles. The molecule has 170 valence electrons. The summed E-state index contributed by atoms with van der Waals surface area (Å²) in [5.41, 5.74) is 2.02. The molecule has 1 aromatic heterocycles. The molecule has 0 saturated heterocycles. The number of anilines is 1. The maximum Gasteiger partial charge on any atom is 0.342 e. The van der Waals surface area contributed by atoms with E-state index in [1.165, 1.54) is 35.2 Å². The van der Waals surface area contributed by atoms with Crippen LogP contribution in [0.15, 0.2) is 53.1 Å². The van der Waals surface area contributed by atoms with Crippen LogP contribution in [0.5, 0.6) is 5.75 Å². The van der Waals surface area contributed by atoms with Gasteiger partial charge in [0, 0.05) is 12.2 Å². The first-order valence-corrected chi connectivity index (χ1v) is 10.1. The number of halogens is 1. The van der Waals surface area contributed by atoms with Gasteiger partial charge in [-0.25, -0.2) is 9.18 Å². The molecule has 8 nitrogen and oxygen atoms in total. The van der Waals surface area contributed by atoms with Crippen LogP contribution in [0.4, 0.5) is 10.1 Å². The number of nitriles is 1. The number of ether oxygens (including phenoxy) is 2. The zero-order chi connectivity index (χ0) is 23.8. The first kappa shape index (κ1) is 23.5. The van der Waals surface area contributed by atoms with Gasteiger partial charge in [0.1, 0.15) is 29.5 Å². The predicted molar refractivity (Wildman–Crippen MR) is 116 cm³/mol. The summed E-state index contributed by atoms with van der Waals surface area (Å²) in [7, 11) is 0. The fraction of sp³-hybridized carbons (Fsp3) is 0.250. The van der Waals surface area contributed by atoms with Crippen LogP contribution < -0.4 is 9.64 Å². The molecule has 0 unspecified atom stereocenters. The molecule has 0 radical (unpaired) electrons. The number of aromatic nitrogens is 1. The van der Waals surface area contributed by atoms with Crippen molar-refractivity contribution in [2.75, 3.05) is 18.1 Å². The van der Waals surface area contributed by atoms with E-state index in [0.29, 0.717) is 17.1 Å². The normalized spacial score (nSPS) is 10.4. The maximum absolute atomic E-state index is 13.2. The van der Waals surface area contributed by atoms with Gasteiger partial charge in [0.2, 0.25) is 0 Å². The van der Waals surface area contributed by atoms with Gasteiger partial charge in [-0.1, -0.05) is 17.3 Å². The van der Waals surface area contributed by atoms with E-state index < -0.39 is 24.3 Å². The zero-order valence-electron chi connectivity index (χ0n) is 18.2. The van der Waals surface area contributed by atoms with Crippen LogP contribution in [0.1, 0.15) is 33.8 Å². The third-order valence-corrected chi connectivity index (χ3v) is 4.87. The molecule has 0 aliphatic rings. The second kappa shape index (κ2) is 10.9. The summed E-state index contributed by atoms with van der Waals surface area (Å²) >= 11 is 0. The smallest absolute Gasteiger partial charge is 0.342 e. The first-order chi connectivity index (χ1) is 15.9. The van der Waals surface area contributed by atoms with Gasteiger partial charge >= 0.3 is 5.97 Å². The lowest BCUT2D eigenvalue weighted by atomic mass is 10.2. The summed E-state index contributed by atoms with van der Waals surface area (Å²) in [5, 5.41) is 12.8. The van der Waals surface area contributed by atoms with Crippen molar-refractivity contribution in [3.63, 3.8) is 0 Å². The number of benzene rings is 2. The molecular formula is C24H22FN3O5. The third kappa shape index (κ3) is 5.95. The number of para-hydroxylation sites is 1. The van der Waals surface area contributed by atoms with Crippen molar-refractivity contribution in [2.24, 2.45) is 0 Å². The van der Waals surface area contributed by atoms with Gasteiger partial charge in [-0.2, -0.15) is 5.26 Å². The van der Waals surface area contributed by atoms with Crippen molar-refractivity contribution in [2.45, 2.75) is 26.9 Å². The number of carbonyl (C=O) groups excluding carboxylic acids is 2. The number of carbonyl (C=O) groups is 2. The Balaban J connectivity index is 1.67. The molecular weight excluding hydrogens is 429 g/mol. The van der Waals surface area contributed by atoms with E-state index in [-0.39, 0.29) is 30.9 Å². The molecule has 0 saturated carbocycles. The highest BCUT2D eigenvalue weighted by atomic mass is 19.1. The lowest BCUT2D eigenvalue weighted by Gasteiger charge is -2.21. The Morgan fingerprint density at radius 3 is 2.55 bits per heavy atom. The van der Waals surface area contributed by atoms with Gasteiger partial charge in [-0.3, -0.25) is 4.79 Å². The summed E-state index contributed by atoms with van der Waals surface area (Å²) in [6.07, 6.45) is 0.0649. The minimum Gasteiger partial charge on any atom is -0.488 e. The number of aryl methyl sites for hydroxylation is 2. The van der Waals surface area contributed by atoms with Crippen LogP contribution in [0.25, 0.3) is 0 Å². The van der Waals surface area contributed by atoms with E-state index in [4.69, 9.17) is 19.3 Å². The molecule has 0 spiro atoms. The van der Waals surface area contributed by atoms with Crippen molar-refractivity contribution in [1.82, 2.24) is 5.16 Å². The molecule has 0 aliphatic carbocycles. The second-order valence-electron chi connectivity index (χ2n) is 7.09. The standard InChI is InChI=1S/C24H22FN3O5/c1-16-21(17(2)33-27-16)14-31-22-7-4-3-6-20(22)24(30)32-15-23(29)28(13-5-12-26)19-10-8-18(25)9-11-19/h3-4,6-11H,5,13-15H2,1-2H3. The fourth-order valence-corrected chi connectivity index (χ4v) is 3.08. The maximum atomic E-state index is 13.2. The topological polar surface area (TPSA) is 106 Å². The summed E-state index contributed by atoms with van der Waals surface area (Å²) in [6.45, 7) is 3.23. The van der Waals surface area contributed by atoms with Crippen molar-refractivity contribution < 1.29 is 28.0 Å². The van der Waals surface area contributed by atoms with Gasteiger partial charge in [-0.05, 0) is 50.2 Å². The van der Waals surface area contributed by atoms with E-state index >= 15 is 0 Å². The van der Waals surface area contributed by atoms with Crippen LogP contribution in [0.3, 0.4) is 0 Å². The van der Waals surface area contributed by atoms with E-state index in [1.807, 2.05) is 6.07 Å². The fourth-order valence-electron chi connectivity index (χ4n) is 3.08. The van der Waals surface area contributed by atoms with Gasteiger partial charge in [0.25, 0.3) is 5.91 Å². The van der Waals surface area contributed by atoms with Crippen molar-refractivity contribution >= 4 is 17.6 Å². The molecule has 0 N–H and O–H groups in total. The summed E-state index contributed by atoms with van der Waals surface area (Å²) in [6, 6.07) is 13.7. The molecule has 1 amide bonds. The Morgan fingerprint density at radius 2 is 1.88 bits per heavy atom. The molecule has 33 heavy (non-hydrogen) atoms. The lowest BCUT2D eigenvalue weighted by molar-refractivity contribution is -0.121. The number of nitrogens with zero attached hydrogens (tertiary/aromatic N) is 3. The minimum absolute atomic E-state index is 0.0649. The van der Waals surface area contributed by atoms with Crippen LogP contribution in [0, 0.1) is 31.0 Å². The van der Waals surface area contributed by atoms with Crippen LogP contribution in [-0.2, 0) is 16.1 Å². The highest BCUT2D eigenvalue weighted by molar-refractivity contribution is 5.98. The number of hydrogen-bond donors (Lipinski definition) is 0. The first-order valence-electron chi connectivity index (χ1n) is 10.1. The molecule has 2 aromatic carbocycles. The van der Waals surface area contributed by atoms with Crippen molar-refractivity contribution in [3.8, 4) is 11.8 Å². The highest BCUT2D eigenvalue weighted by Crippen LogP contribution is 2.22. The lowest BCUT2D eigenvalue weighted by Crippen LogP contribution is -2.35. The molecule has 0 fully saturated rings. The van der Waals surface area contributed by atoms with E-state index in [1.54, 1.807) is 32.0 Å². The van der Waals surface area contributed by atoms with Gasteiger partial charge < -0.3 is 18.9 Å². The van der Waals surface area contributed by atoms with E-state index in [2.05, 4.69) is 5.16 Å². The number of esters is 1. The average molecular weight is 451 g/mol. The third-order valence-electron chi connectivity index (χ3n) is 4.87. The molecule has 9 heteroatoms. The Bertz CT molecular complexity index is 1150. The second-order valence-corrected chi connectivity index (χ2v) is 7.09. The largest absolute Gasteiger partial charge is 0.488 e. The molecule has 1 heterocycles. The van der Waals surface area contributed by atoms with Gasteiger partial charge in [0.05, 0.1) is 23.7 Å². The number of amides is 1. The molecule has 0 bridgehead atoms. The molecule has 0 atom stereocenters. The van der Waals surface area contributed by atoms with Gasteiger partial charge in [0.15, 0.2) is 6.61 Å². The van der Waals surface area contributed by atoms with Crippen molar-refractivity contribution in [1.29, 1.82) is 5.26 Å². The summed E-state index contributed by atoms with van der Waals surface area (Å²) in [5.74, 6) is -0.825. The Hall–Kier alpha value is -4.19. The predicted octanol–water partition coefficient (Wildman–Crippen LogP) is 4.11. The quantitative estimate of drug-likeness (QED) is 0.451. The van der Waals surface area contributed by atoms with Crippen molar-refractivity contribution in [3.05, 3.63) is 76.9 Å². The Kier molecular flexibility index (Phi) is 7.76. The Labute approximate surface area is 190 Å². The number of hydrogen-bond acceptors (Lipinski definition) is 7. The summed E-state index contributed by atoms with van der Waals surface area (Å²) in [4.78, 5) is 26.7. The monoisotopic (exact) mass is 451 g/mol. The number of rotatable bonds is 9. The zero-order valence-corrected chi connectivity index (χ0v) is 18.2. The summed E-state index contributed by atoms with van der Waals surface area (Å²) < 4.78 is 29.4. The Morgan fingerprint density at radius 1 is 1.15 bits per heavy atom.